The molecule has 6 heteroatoms. The molecule has 6 nitrogen and oxygen atoms in total. The highest BCUT2D eigenvalue weighted by Gasteiger charge is 2.15. The van der Waals surface area contributed by atoms with Gasteiger partial charge in [0, 0.05) is 5.56 Å². The first-order valence-electron chi connectivity index (χ1n) is 14.0. The fourth-order valence-electron chi connectivity index (χ4n) is 5.08. The first kappa shape index (κ1) is 29.2. The molecular formula is C32H40N2O4. The van der Waals surface area contributed by atoms with Crippen LogP contribution >= 0.6 is 0 Å². The Bertz CT molecular complexity index is 1080. The van der Waals surface area contributed by atoms with Gasteiger partial charge in [-0.05, 0) is 67.3 Å². The highest BCUT2D eigenvalue weighted by Crippen LogP contribution is 2.27. The van der Waals surface area contributed by atoms with E-state index in [0.29, 0.717) is 17.4 Å². The Balaban J connectivity index is 0.000000211. The zero-order valence-electron chi connectivity index (χ0n) is 22.3. The van der Waals surface area contributed by atoms with Gasteiger partial charge in [-0.3, -0.25) is 4.79 Å². The molecule has 2 saturated carbocycles. The van der Waals surface area contributed by atoms with Gasteiger partial charge in [0.1, 0.15) is 11.5 Å². The SMILES string of the molecule is N#CCC(=O)c1cccc(OCC2CCCCC2)c1.N#CC[C@@H](O)c1cccc(OCC2CCCCC2)c1. The van der Waals surface area contributed by atoms with Gasteiger partial charge in [-0.1, -0.05) is 62.8 Å². The lowest BCUT2D eigenvalue weighted by Crippen LogP contribution is -2.15. The Morgan fingerprint density at radius 2 is 1.37 bits per heavy atom. The van der Waals surface area contributed by atoms with Gasteiger partial charge in [0.2, 0.25) is 0 Å². The quantitative estimate of drug-likeness (QED) is 0.331. The van der Waals surface area contributed by atoms with Gasteiger partial charge in [-0.25, -0.2) is 0 Å². The molecule has 0 heterocycles. The lowest BCUT2D eigenvalue weighted by molar-refractivity contribution is 0.0997. The van der Waals surface area contributed by atoms with Crippen LogP contribution in [0.15, 0.2) is 48.5 Å². The summed E-state index contributed by atoms with van der Waals surface area (Å²) in [7, 11) is 0. The molecule has 2 aliphatic rings. The van der Waals surface area contributed by atoms with E-state index < -0.39 is 6.10 Å². The highest BCUT2D eigenvalue weighted by atomic mass is 16.5. The van der Waals surface area contributed by atoms with E-state index in [0.717, 1.165) is 30.3 Å². The lowest BCUT2D eigenvalue weighted by Gasteiger charge is -2.21. The van der Waals surface area contributed by atoms with Gasteiger partial charge < -0.3 is 14.6 Å². The Morgan fingerprint density at radius 3 is 1.92 bits per heavy atom. The van der Waals surface area contributed by atoms with E-state index in [9.17, 15) is 9.90 Å². The second-order valence-electron chi connectivity index (χ2n) is 10.4. The molecule has 0 saturated heterocycles. The second kappa shape index (κ2) is 16.5. The van der Waals surface area contributed by atoms with Crippen molar-refractivity contribution in [1.29, 1.82) is 10.5 Å². The van der Waals surface area contributed by atoms with Crippen LogP contribution < -0.4 is 9.47 Å². The molecule has 38 heavy (non-hydrogen) atoms. The van der Waals surface area contributed by atoms with Crippen molar-refractivity contribution in [2.45, 2.75) is 83.2 Å². The summed E-state index contributed by atoms with van der Waals surface area (Å²) in [5, 5.41) is 26.9. The maximum absolute atomic E-state index is 11.6. The normalized spacial score (nSPS) is 16.7. The van der Waals surface area contributed by atoms with Crippen molar-refractivity contribution < 1.29 is 19.4 Å². The maximum atomic E-state index is 11.6. The summed E-state index contributed by atoms with van der Waals surface area (Å²) in [5.41, 5.74) is 1.31. The molecule has 4 rings (SSSR count). The van der Waals surface area contributed by atoms with Crippen LogP contribution in [0.2, 0.25) is 0 Å². The number of hydrogen-bond acceptors (Lipinski definition) is 6. The number of ether oxygens (including phenoxy) is 2. The molecule has 2 aromatic carbocycles. The van der Waals surface area contributed by atoms with E-state index in [1.807, 2.05) is 42.5 Å². The van der Waals surface area contributed by atoms with E-state index in [4.69, 9.17) is 20.0 Å². The summed E-state index contributed by atoms with van der Waals surface area (Å²) in [6.45, 7) is 1.49. The molecule has 2 aromatic rings. The number of aliphatic hydroxyl groups excluding tert-OH is 1. The fourth-order valence-corrected chi connectivity index (χ4v) is 5.08. The van der Waals surface area contributed by atoms with Gasteiger partial charge in [0.05, 0.1) is 44.3 Å². The van der Waals surface area contributed by atoms with E-state index in [-0.39, 0.29) is 18.6 Å². The van der Waals surface area contributed by atoms with Crippen LogP contribution in [0.25, 0.3) is 0 Å². The molecule has 1 atom stereocenters. The molecule has 0 radical (unpaired) electrons. The molecule has 0 bridgehead atoms. The summed E-state index contributed by atoms with van der Waals surface area (Å²) >= 11 is 0. The Labute approximate surface area is 227 Å². The molecule has 0 aromatic heterocycles. The van der Waals surface area contributed by atoms with Crippen molar-refractivity contribution in [3.63, 3.8) is 0 Å². The lowest BCUT2D eigenvalue weighted by atomic mass is 9.90. The molecule has 0 spiro atoms. The van der Waals surface area contributed by atoms with Crippen molar-refractivity contribution in [3.05, 3.63) is 59.7 Å². The third-order valence-electron chi connectivity index (χ3n) is 7.34. The minimum Gasteiger partial charge on any atom is -0.493 e. The summed E-state index contributed by atoms with van der Waals surface area (Å²) in [5.74, 6) is 2.69. The minimum atomic E-state index is -0.719. The molecule has 1 N–H and O–H groups in total. The molecule has 2 aliphatic carbocycles. The summed E-state index contributed by atoms with van der Waals surface area (Å²) in [4.78, 5) is 11.6. The van der Waals surface area contributed by atoms with Crippen LogP contribution in [-0.4, -0.2) is 24.1 Å². The number of nitriles is 2. The Hall–Kier alpha value is -3.35. The fraction of sp³-hybridized carbons (Fsp3) is 0.531. The van der Waals surface area contributed by atoms with Gasteiger partial charge >= 0.3 is 0 Å². The third-order valence-corrected chi connectivity index (χ3v) is 7.34. The molecule has 0 amide bonds. The van der Waals surface area contributed by atoms with Crippen molar-refractivity contribution in [2.24, 2.45) is 11.8 Å². The van der Waals surface area contributed by atoms with E-state index >= 15 is 0 Å². The predicted octanol–water partition coefficient (Wildman–Crippen LogP) is 7.33. The number of aliphatic hydroxyl groups is 1. The Kier molecular flexibility index (Phi) is 12.7. The molecule has 2 fully saturated rings. The molecule has 202 valence electrons. The van der Waals surface area contributed by atoms with Crippen molar-refractivity contribution in [2.75, 3.05) is 13.2 Å². The van der Waals surface area contributed by atoms with Crippen LogP contribution in [0.3, 0.4) is 0 Å². The monoisotopic (exact) mass is 516 g/mol. The second-order valence-corrected chi connectivity index (χ2v) is 10.4. The summed E-state index contributed by atoms with van der Waals surface area (Å²) in [6.07, 6.45) is 12.3. The number of carbonyl (C=O) groups is 1. The standard InChI is InChI=1S/C16H21NO2.C16H19NO2/c2*17-10-9-16(18)14-7-4-8-15(11-14)19-12-13-5-2-1-3-6-13/h4,7-8,11,13,16,18H,1-3,5-6,9,12H2;4,7-8,11,13H,1-3,5-6,9,12H2/t16-;/m1./s1. The van der Waals surface area contributed by atoms with Crippen LogP contribution in [0.5, 0.6) is 11.5 Å². The van der Waals surface area contributed by atoms with Crippen LogP contribution in [0, 0.1) is 34.5 Å². The molecule has 0 aliphatic heterocycles. The van der Waals surface area contributed by atoms with Crippen LogP contribution in [0.4, 0.5) is 0 Å². The largest absolute Gasteiger partial charge is 0.493 e. The summed E-state index contributed by atoms with van der Waals surface area (Å²) in [6, 6.07) is 18.4. The first-order chi connectivity index (χ1) is 18.6. The number of hydrogen-bond donors (Lipinski definition) is 1. The van der Waals surface area contributed by atoms with E-state index in [1.54, 1.807) is 18.2 Å². The number of benzene rings is 2. The van der Waals surface area contributed by atoms with Gasteiger partial charge in [-0.15, -0.1) is 0 Å². The van der Waals surface area contributed by atoms with Gasteiger partial charge in [-0.2, -0.15) is 10.5 Å². The topological polar surface area (TPSA) is 103 Å². The Morgan fingerprint density at radius 1 is 0.816 bits per heavy atom. The zero-order chi connectivity index (χ0) is 27.0. The molecule has 0 unspecified atom stereocenters. The average Bonchev–Trinajstić information content (AvgIpc) is 2.97. The van der Waals surface area contributed by atoms with Crippen molar-refractivity contribution in [1.82, 2.24) is 0 Å². The van der Waals surface area contributed by atoms with Gasteiger partial charge in [0.25, 0.3) is 0 Å². The van der Waals surface area contributed by atoms with Crippen molar-refractivity contribution in [3.8, 4) is 23.6 Å². The highest BCUT2D eigenvalue weighted by molar-refractivity contribution is 5.97. The predicted molar refractivity (Wildman–Crippen MR) is 147 cm³/mol. The maximum Gasteiger partial charge on any atom is 0.177 e. The summed E-state index contributed by atoms with van der Waals surface area (Å²) < 4.78 is 11.6. The number of Topliss-reactive ketones (excluding diaryl/α,β-unsaturated/α-hetero) is 1. The number of carbonyl (C=O) groups excluding carboxylic acids is 1. The average molecular weight is 517 g/mol. The zero-order valence-corrected chi connectivity index (χ0v) is 22.3. The van der Waals surface area contributed by atoms with E-state index in [1.165, 1.54) is 64.2 Å². The first-order valence-corrected chi connectivity index (χ1v) is 14.0. The molecular weight excluding hydrogens is 476 g/mol. The van der Waals surface area contributed by atoms with Crippen molar-refractivity contribution >= 4 is 5.78 Å². The smallest absolute Gasteiger partial charge is 0.177 e. The number of rotatable bonds is 10. The minimum absolute atomic E-state index is 0.0773. The van der Waals surface area contributed by atoms with Crippen LogP contribution in [-0.2, 0) is 0 Å². The van der Waals surface area contributed by atoms with Crippen LogP contribution in [0.1, 0.15) is 99.1 Å². The van der Waals surface area contributed by atoms with Gasteiger partial charge in [0.15, 0.2) is 5.78 Å². The third kappa shape index (κ3) is 10.2. The number of nitrogens with zero attached hydrogens (tertiary/aromatic N) is 2. The van der Waals surface area contributed by atoms with E-state index in [2.05, 4.69) is 0 Å². The number of ketones is 1.